The minimum Gasteiger partial charge on any atom is -0.423 e. The number of hydrogen-bond donors (Lipinski definition) is 1. The fourth-order valence-corrected chi connectivity index (χ4v) is 3.84. The normalized spacial score (nSPS) is 14.8. The fourth-order valence-electron chi connectivity index (χ4n) is 3.84. The Hall–Kier alpha value is -3.12. The molecule has 0 bridgehead atoms. The molecule has 0 spiro atoms. The van der Waals surface area contributed by atoms with Gasteiger partial charge < -0.3 is 14.6 Å². The molecule has 0 saturated carbocycles. The van der Waals surface area contributed by atoms with Crippen LogP contribution in [0.4, 0.5) is 5.69 Å². The number of nitrogens with one attached hydrogen (secondary N) is 1. The van der Waals surface area contributed by atoms with Gasteiger partial charge in [-0.3, -0.25) is 9.69 Å². The molecule has 2 aromatic carbocycles. The Labute approximate surface area is 176 Å². The average molecular weight is 405 g/mol. The SMILES string of the molecule is Cc1ccc(C(=O)N2CCN(CCNc3cc(=O)oc4ccccc34)CC2)cc1C. The number of carbonyl (C=O) groups is 1. The van der Waals surface area contributed by atoms with Gasteiger partial charge in [-0.25, -0.2) is 4.79 Å². The van der Waals surface area contributed by atoms with Crippen molar-refractivity contribution < 1.29 is 9.21 Å². The molecule has 0 aliphatic carbocycles. The van der Waals surface area contributed by atoms with Gasteiger partial charge in [-0.2, -0.15) is 0 Å². The first-order valence-electron chi connectivity index (χ1n) is 10.4. The summed E-state index contributed by atoms with van der Waals surface area (Å²) in [5.74, 6) is 0.110. The van der Waals surface area contributed by atoms with Crippen molar-refractivity contribution in [1.82, 2.24) is 9.80 Å². The van der Waals surface area contributed by atoms with Crippen molar-refractivity contribution in [3.63, 3.8) is 0 Å². The molecule has 4 rings (SSSR count). The van der Waals surface area contributed by atoms with Crippen molar-refractivity contribution in [2.24, 2.45) is 0 Å². The molecule has 1 aromatic heterocycles. The first kappa shape index (κ1) is 20.2. The van der Waals surface area contributed by atoms with E-state index in [-0.39, 0.29) is 11.5 Å². The van der Waals surface area contributed by atoms with Crippen LogP contribution in [0.5, 0.6) is 0 Å². The number of amides is 1. The molecular weight excluding hydrogens is 378 g/mol. The van der Waals surface area contributed by atoms with Crippen molar-refractivity contribution in [2.75, 3.05) is 44.6 Å². The zero-order valence-corrected chi connectivity index (χ0v) is 17.5. The maximum Gasteiger partial charge on any atom is 0.338 e. The van der Waals surface area contributed by atoms with Crippen molar-refractivity contribution in [2.45, 2.75) is 13.8 Å². The third-order valence-electron chi connectivity index (χ3n) is 5.81. The fraction of sp³-hybridized carbons (Fsp3) is 0.333. The average Bonchev–Trinajstić information content (AvgIpc) is 2.75. The van der Waals surface area contributed by atoms with Crippen LogP contribution in [0.25, 0.3) is 11.0 Å². The minimum atomic E-state index is -0.352. The van der Waals surface area contributed by atoms with Gasteiger partial charge in [0.2, 0.25) is 0 Å². The Morgan fingerprint density at radius 2 is 1.77 bits per heavy atom. The molecule has 2 heterocycles. The largest absolute Gasteiger partial charge is 0.423 e. The molecule has 0 radical (unpaired) electrons. The molecule has 0 unspecified atom stereocenters. The molecule has 3 aromatic rings. The molecule has 1 aliphatic heterocycles. The van der Waals surface area contributed by atoms with Gasteiger partial charge in [0.25, 0.3) is 5.91 Å². The highest BCUT2D eigenvalue weighted by atomic mass is 16.4. The van der Waals surface area contributed by atoms with Crippen LogP contribution in [-0.2, 0) is 0 Å². The van der Waals surface area contributed by atoms with Gasteiger partial charge in [0.1, 0.15) is 5.58 Å². The number of aryl methyl sites for hydroxylation is 2. The second-order valence-corrected chi connectivity index (χ2v) is 7.83. The molecule has 1 N–H and O–H groups in total. The Morgan fingerprint density at radius 1 is 1.00 bits per heavy atom. The van der Waals surface area contributed by atoms with E-state index in [1.54, 1.807) is 6.07 Å². The number of hydrogen-bond acceptors (Lipinski definition) is 5. The van der Waals surface area contributed by atoms with E-state index in [0.29, 0.717) is 5.58 Å². The van der Waals surface area contributed by atoms with Crippen molar-refractivity contribution in [3.05, 3.63) is 75.6 Å². The quantitative estimate of drug-likeness (QED) is 0.660. The Morgan fingerprint density at radius 3 is 2.53 bits per heavy atom. The lowest BCUT2D eigenvalue weighted by Gasteiger charge is -2.35. The molecule has 6 nitrogen and oxygen atoms in total. The van der Waals surface area contributed by atoms with Crippen LogP contribution in [0.2, 0.25) is 0 Å². The first-order valence-corrected chi connectivity index (χ1v) is 10.4. The van der Waals surface area contributed by atoms with Crippen LogP contribution in [0.15, 0.2) is 57.7 Å². The second-order valence-electron chi connectivity index (χ2n) is 7.83. The summed E-state index contributed by atoms with van der Waals surface area (Å²) in [5, 5.41) is 4.27. The van der Waals surface area contributed by atoms with Crippen LogP contribution in [0, 0.1) is 13.8 Å². The number of nitrogens with zero attached hydrogens (tertiary/aromatic N) is 2. The van der Waals surface area contributed by atoms with Crippen molar-refractivity contribution in [3.8, 4) is 0 Å². The van der Waals surface area contributed by atoms with E-state index in [1.165, 1.54) is 11.6 Å². The van der Waals surface area contributed by atoms with E-state index >= 15 is 0 Å². The van der Waals surface area contributed by atoms with Crippen LogP contribution in [0.1, 0.15) is 21.5 Å². The van der Waals surface area contributed by atoms with Gasteiger partial charge in [0.05, 0.1) is 5.69 Å². The smallest absolute Gasteiger partial charge is 0.338 e. The number of para-hydroxylation sites is 1. The summed E-state index contributed by atoms with van der Waals surface area (Å²) in [4.78, 5) is 28.8. The molecule has 1 aliphatic rings. The van der Waals surface area contributed by atoms with Crippen LogP contribution in [-0.4, -0.2) is 55.0 Å². The minimum absolute atomic E-state index is 0.110. The lowest BCUT2D eigenvalue weighted by atomic mass is 10.1. The van der Waals surface area contributed by atoms with Gasteiger partial charge in [0, 0.05) is 56.3 Å². The number of fused-ring (bicyclic) bond motifs is 1. The van der Waals surface area contributed by atoms with E-state index in [1.807, 2.05) is 48.2 Å². The van der Waals surface area contributed by atoms with E-state index in [4.69, 9.17) is 4.42 Å². The molecule has 1 amide bonds. The predicted octanol–water partition coefficient (Wildman–Crippen LogP) is 3.28. The Bertz CT molecular complexity index is 1110. The third-order valence-corrected chi connectivity index (χ3v) is 5.81. The topological polar surface area (TPSA) is 65.8 Å². The summed E-state index contributed by atoms with van der Waals surface area (Å²) < 4.78 is 5.24. The molecule has 1 fully saturated rings. The molecule has 156 valence electrons. The van der Waals surface area contributed by atoms with Gasteiger partial charge in [-0.1, -0.05) is 18.2 Å². The van der Waals surface area contributed by atoms with E-state index in [0.717, 1.165) is 61.5 Å². The highest BCUT2D eigenvalue weighted by Crippen LogP contribution is 2.20. The van der Waals surface area contributed by atoms with E-state index < -0.39 is 0 Å². The predicted molar refractivity (Wildman–Crippen MR) is 119 cm³/mol. The van der Waals surface area contributed by atoms with Gasteiger partial charge in [0.15, 0.2) is 0 Å². The van der Waals surface area contributed by atoms with Crippen LogP contribution < -0.4 is 10.9 Å². The maximum absolute atomic E-state index is 12.8. The molecule has 1 saturated heterocycles. The number of piperazine rings is 1. The number of anilines is 1. The Balaban J connectivity index is 1.30. The van der Waals surface area contributed by atoms with Gasteiger partial charge in [-0.05, 0) is 49.2 Å². The summed E-state index contributed by atoms with van der Waals surface area (Å²) in [6.07, 6.45) is 0. The molecule has 30 heavy (non-hydrogen) atoms. The molecular formula is C24H27N3O3. The lowest BCUT2D eigenvalue weighted by Crippen LogP contribution is -2.49. The molecule has 0 atom stereocenters. The molecule has 6 heteroatoms. The van der Waals surface area contributed by atoms with Crippen molar-refractivity contribution in [1.29, 1.82) is 0 Å². The van der Waals surface area contributed by atoms with Gasteiger partial charge in [-0.15, -0.1) is 0 Å². The van der Waals surface area contributed by atoms with Crippen LogP contribution in [0.3, 0.4) is 0 Å². The summed E-state index contributed by atoms with van der Waals surface area (Å²) in [6, 6.07) is 14.9. The highest BCUT2D eigenvalue weighted by Gasteiger charge is 2.22. The number of rotatable bonds is 5. The van der Waals surface area contributed by atoms with Crippen molar-refractivity contribution >= 4 is 22.6 Å². The summed E-state index contributed by atoms with van der Waals surface area (Å²) in [6.45, 7) is 8.80. The van der Waals surface area contributed by atoms with E-state index in [9.17, 15) is 9.59 Å². The summed E-state index contributed by atoms with van der Waals surface area (Å²) in [7, 11) is 0. The lowest BCUT2D eigenvalue weighted by molar-refractivity contribution is 0.0642. The summed E-state index contributed by atoms with van der Waals surface area (Å²) >= 11 is 0. The Kier molecular flexibility index (Phi) is 5.86. The zero-order chi connectivity index (χ0) is 21.1. The zero-order valence-electron chi connectivity index (χ0n) is 17.5. The highest BCUT2D eigenvalue weighted by molar-refractivity contribution is 5.94. The van der Waals surface area contributed by atoms with Crippen LogP contribution >= 0.6 is 0 Å². The monoisotopic (exact) mass is 405 g/mol. The van der Waals surface area contributed by atoms with Gasteiger partial charge >= 0.3 is 5.63 Å². The maximum atomic E-state index is 12.8. The summed E-state index contributed by atoms with van der Waals surface area (Å²) in [5.41, 5.74) is 4.15. The number of benzene rings is 2. The standard InChI is InChI=1S/C24H27N3O3/c1-17-7-8-19(15-18(17)2)24(29)27-13-11-26(12-14-27)10-9-25-21-16-23(28)30-22-6-4-3-5-20(21)22/h3-8,15-16,25H,9-14H2,1-2H3. The second kappa shape index (κ2) is 8.71. The third kappa shape index (κ3) is 4.39. The first-order chi connectivity index (χ1) is 14.5. The number of carbonyl (C=O) groups excluding carboxylic acids is 1. The van der Waals surface area contributed by atoms with E-state index in [2.05, 4.69) is 17.1 Å².